The first-order chi connectivity index (χ1) is 5.14. The fourth-order valence-electron chi connectivity index (χ4n) is 1.42. The monoisotopic (exact) mass is 177 g/mol. The molecule has 11 heavy (non-hydrogen) atoms. The number of hydrogen-bond donors (Lipinski definition) is 0. The van der Waals surface area contributed by atoms with Gasteiger partial charge in [0.25, 0.3) is 0 Å². The molecule has 4 heteroatoms. The SMILES string of the molecule is CCC1(CC)O[P+](=O)O[C@@H]1C. The van der Waals surface area contributed by atoms with Gasteiger partial charge in [0.15, 0.2) is 5.60 Å². The van der Waals surface area contributed by atoms with E-state index in [1.807, 2.05) is 20.8 Å². The Kier molecular flexibility index (Phi) is 2.63. The van der Waals surface area contributed by atoms with Gasteiger partial charge in [0, 0.05) is 4.57 Å². The zero-order chi connectivity index (χ0) is 8.48. The van der Waals surface area contributed by atoms with E-state index in [0.717, 1.165) is 12.8 Å². The van der Waals surface area contributed by atoms with Gasteiger partial charge in [-0.15, -0.1) is 9.05 Å². The lowest BCUT2D eigenvalue weighted by molar-refractivity contribution is 0.0390. The molecular weight excluding hydrogens is 163 g/mol. The van der Waals surface area contributed by atoms with Gasteiger partial charge in [0.2, 0.25) is 0 Å². The summed E-state index contributed by atoms with van der Waals surface area (Å²) < 4.78 is 21.2. The van der Waals surface area contributed by atoms with E-state index < -0.39 is 8.25 Å². The van der Waals surface area contributed by atoms with E-state index in [2.05, 4.69) is 0 Å². The highest BCUT2D eigenvalue weighted by atomic mass is 31.1. The van der Waals surface area contributed by atoms with Crippen LogP contribution in [0.3, 0.4) is 0 Å². The van der Waals surface area contributed by atoms with Crippen molar-refractivity contribution in [3.63, 3.8) is 0 Å². The molecule has 0 aromatic rings. The minimum Gasteiger partial charge on any atom is -0.113 e. The molecule has 64 valence electrons. The van der Waals surface area contributed by atoms with Gasteiger partial charge in [0.1, 0.15) is 6.10 Å². The summed E-state index contributed by atoms with van der Waals surface area (Å²) in [4.78, 5) is 0. The highest BCUT2D eigenvalue weighted by molar-refractivity contribution is 7.33. The third-order valence-corrected chi connectivity index (χ3v) is 3.44. The quantitative estimate of drug-likeness (QED) is 0.608. The summed E-state index contributed by atoms with van der Waals surface area (Å²) in [6, 6.07) is 0. The molecule has 0 bridgehead atoms. The Bertz CT molecular complexity index is 165. The van der Waals surface area contributed by atoms with Crippen molar-refractivity contribution in [3.8, 4) is 0 Å². The largest absolute Gasteiger partial charge is 0.698 e. The lowest BCUT2D eigenvalue weighted by Gasteiger charge is -2.20. The van der Waals surface area contributed by atoms with Gasteiger partial charge < -0.3 is 0 Å². The van der Waals surface area contributed by atoms with Crippen LogP contribution in [0, 0.1) is 0 Å². The molecule has 0 aromatic carbocycles. The predicted octanol–water partition coefficient (Wildman–Crippen LogP) is 2.64. The highest BCUT2D eigenvalue weighted by Crippen LogP contribution is 2.47. The van der Waals surface area contributed by atoms with Crippen LogP contribution in [0.15, 0.2) is 0 Å². The fourth-order valence-corrected chi connectivity index (χ4v) is 2.62. The van der Waals surface area contributed by atoms with Crippen molar-refractivity contribution in [2.24, 2.45) is 0 Å². The van der Waals surface area contributed by atoms with Crippen molar-refractivity contribution in [3.05, 3.63) is 0 Å². The van der Waals surface area contributed by atoms with Crippen LogP contribution in [0.5, 0.6) is 0 Å². The molecule has 1 unspecified atom stereocenters. The summed E-state index contributed by atoms with van der Waals surface area (Å²) in [6.45, 7) is 5.96. The summed E-state index contributed by atoms with van der Waals surface area (Å²) in [7, 11) is -1.85. The van der Waals surface area contributed by atoms with Crippen LogP contribution in [-0.4, -0.2) is 11.7 Å². The average molecular weight is 177 g/mol. The third kappa shape index (κ3) is 1.46. The first-order valence-electron chi connectivity index (χ1n) is 3.97. The Hall–Kier alpha value is 0.0200. The van der Waals surface area contributed by atoms with Crippen LogP contribution in [0.1, 0.15) is 33.6 Å². The molecule has 0 amide bonds. The van der Waals surface area contributed by atoms with E-state index in [4.69, 9.17) is 9.05 Å². The van der Waals surface area contributed by atoms with E-state index in [1.54, 1.807) is 0 Å². The lowest BCUT2D eigenvalue weighted by Crippen LogP contribution is -2.36. The van der Waals surface area contributed by atoms with Crippen molar-refractivity contribution >= 4 is 8.25 Å². The highest BCUT2D eigenvalue weighted by Gasteiger charge is 2.54. The average Bonchev–Trinajstić information content (AvgIpc) is 2.27. The normalized spacial score (nSPS) is 32.6. The van der Waals surface area contributed by atoms with E-state index in [9.17, 15) is 4.57 Å². The van der Waals surface area contributed by atoms with Crippen LogP contribution in [0.25, 0.3) is 0 Å². The van der Waals surface area contributed by atoms with E-state index in [0.29, 0.717) is 0 Å². The second kappa shape index (κ2) is 3.18. The lowest BCUT2D eigenvalue weighted by atomic mass is 9.92. The van der Waals surface area contributed by atoms with Crippen LogP contribution in [0.2, 0.25) is 0 Å². The first kappa shape index (κ1) is 9.11. The maximum Gasteiger partial charge on any atom is 0.698 e. The number of hydrogen-bond acceptors (Lipinski definition) is 3. The van der Waals surface area contributed by atoms with Gasteiger partial charge in [0.05, 0.1) is 0 Å². The standard InChI is InChI=1S/C7H14O3P/c1-4-7(5-2)6(3)9-11(8)10-7/h6H,4-5H2,1-3H3/q+1/t6-/m1/s1. The molecule has 0 N–H and O–H groups in total. The topological polar surface area (TPSA) is 35.5 Å². The molecular formula is C7H14O3P+. The Labute approximate surface area is 68.0 Å². The summed E-state index contributed by atoms with van der Waals surface area (Å²) in [5, 5.41) is 0. The Balaban J connectivity index is 2.75. The van der Waals surface area contributed by atoms with Gasteiger partial charge >= 0.3 is 8.25 Å². The summed E-state index contributed by atoms with van der Waals surface area (Å²) in [5.74, 6) is 0. The van der Waals surface area contributed by atoms with Crippen LogP contribution < -0.4 is 0 Å². The molecule has 0 spiro atoms. The molecule has 1 saturated heterocycles. The van der Waals surface area contributed by atoms with Gasteiger partial charge in [-0.3, -0.25) is 0 Å². The van der Waals surface area contributed by atoms with Gasteiger partial charge in [-0.1, -0.05) is 13.8 Å². The first-order valence-corrected chi connectivity index (χ1v) is 5.07. The Morgan fingerprint density at radius 1 is 1.45 bits per heavy atom. The molecule has 1 aliphatic heterocycles. The maximum atomic E-state index is 10.9. The minimum absolute atomic E-state index is 0.0406. The predicted molar refractivity (Wildman–Crippen MR) is 42.6 cm³/mol. The molecule has 0 radical (unpaired) electrons. The second-order valence-electron chi connectivity index (χ2n) is 2.83. The molecule has 0 aromatic heterocycles. The van der Waals surface area contributed by atoms with Gasteiger partial charge in [-0.2, -0.15) is 0 Å². The second-order valence-corrected chi connectivity index (χ2v) is 3.68. The van der Waals surface area contributed by atoms with E-state index in [1.165, 1.54) is 0 Å². The minimum atomic E-state index is -1.85. The maximum absolute atomic E-state index is 10.9. The molecule has 2 atom stereocenters. The fraction of sp³-hybridized carbons (Fsp3) is 1.00. The van der Waals surface area contributed by atoms with Crippen molar-refractivity contribution in [2.45, 2.75) is 45.3 Å². The zero-order valence-electron chi connectivity index (χ0n) is 7.16. The summed E-state index contributed by atoms with van der Waals surface area (Å²) >= 11 is 0. The van der Waals surface area contributed by atoms with Gasteiger partial charge in [-0.25, -0.2) is 0 Å². The number of rotatable bonds is 2. The summed E-state index contributed by atoms with van der Waals surface area (Å²) in [5.41, 5.74) is -0.298. The van der Waals surface area contributed by atoms with Crippen LogP contribution in [0.4, 0.5) is 0 Å². The smallest absolute Gasteiger partial charge is 0.113 e. The molecule has 1 rings (SSSR count). The van der Waals surface area contributed by atoms with Crippen molar-refractivity contribution in [1.29, 1.82) is 0 Å². The molecule has 0 saturated carbocycles. The Morgan fingerprint density at radius 2 is 2.00 bits per heavy atom. The van der Waals surface area contributed by atoms with E-state index >= 15 is 0 Å². The van der Waals surface area contributed by atoms with Crippen molar-refractivity contribution in [2.75, 3.05) is 0 Å². The van der Waals surface area contributed by atoms with E-state index in [-0.39, 0.29) is 11.7 Å². The van der Waals surface area contributed by atoms with Gasteiger partial charge in [-0.05, 0) is 19.8 Å². The molecule has 1 aliphatic rings. The van der Waals surface area contributed by atoms with Crippen molar-refractivity contribution < 1.29 is 13.6 Å². The van der Waals surface area contributed by atoms with Crippen LogP contribution in [-0.2, 0) is 13.6 Å². The van der Waals surface area contributed by atoms with Crippen molar-refractivity contribution in [1.82, 2.24) is 0 Å². The Morgan fingerprint density at radius 3 is 2.18 bits per heavy atom. The van der Waals surface area contributed by atoms with Crippen LogP contribution >= 0.6 is 8.25 Å². The molecule has 3 nitrogen and oxygen atoms in total. The molecule has 1 fully saturated rings. The zero-order valence-corrected chi connectivity index (χ0v) is 8.06. The third-order valence-electron chi connectivity index (χ3n) is 2.44. The summed E-state index contributed by atoms with van der Waals surface area (Å²) in [6.07, 6.45) is 1.67. The molecule has 0 aliphatic carbocycles. The molecule has 1 heterocycles.